The number of rotatable bonds is 2. The Hall–Kier alpha value is -1.52. The minimum absolute atomic E-state index is 0.113. The molecule has 0 amide bonds. The van der Waals surface area contributed by atoms with Crippen LogP contribution >= 0.6 is 0 Å². The highest BCUT2D eigenvalue weighted by Crippen LogP contribution is 2.23. The van der Waals surface area contributed by atoms with Crippen LogP contribution in [0, 0.1) is 0 Å². The average molecular weight is 211 g/mol. The monoisotopic (exact) mass is 211 g/mol. The lowest BCUT2D eigenvalue weighted by Crippen LogP contribution is -1.98. The Morgan fingerprint density at radius 2 is 2.07 bits per heavy atom. The second-order valence-corrected chi connectivity index (χ2v) is 3.68. The summed E-state index contributed by atoms with van der Waals surface area (Å²) in [6.07, 6.45) is 0.290. The van der Waals surface area contributed by atoms with Crippen molar-refractivity contribution in [2.75, 3.05) is 0 Å². The smallest absolute Gasteiger partial charge is 0.233 e. The topological polar surface area (TPSA) is 30.2 Å². The Labute approximate surface area is 85.7 Å². The number of fused-ring (bicyclic) bond motifs is 1. The molecule has 0 aliphatic heterocycles. The van der Waals surface area contributed by atoms with E-state index in [4.69, 9.17) is 0 Å². The predicted octanol–water partition coefficient (Wildman–Crippen LogP) is 2.79. The lowest BCUT2D eigenvalue weighted by Gasteiger charge is -2.04. The van der Waals surface area contributed by atoms with Gasteiger partial charge in [-0.2, -0.15) is 5.10 Å². The third-order valence-corrected chi connectivity index (χ3v) is 2.24. The van der Waals surface area contributed by atoms with Crippen LogP contribution in [0.1, 0.15) is 37.4 Å². The van der Waals surface area contributed by atoms with E-state index in [1.54, 1.807) is 12.3 Å². The molecule has 5 heteroatoms. The van der Waals surface area contributed by atoms with Crippen molar-refractivity contribution in [3.05, 3.63) is 29.7 Å². The zero-order valence-corrected chi connectivity index (χ0v) is 8.48. The number of alkyl halides is 2. The van der Waals surface area contributed by atoms with Crippen molar-refractivity contribution in [1.29, 1.82) is 0 Å². The van der Waals surface area contributed by atoms with E-state index < -0.39 is 6.43 Å². The summed E-state index contributed by atoms with van der Waals surface area (Å²) < 4.78 is 26.5. The Bertz CT molecular complexity index is 476. The van der Waals surface area contributed by atoms with Crippen LogP contribution in [-0.2, 0) is 0 Å². The molecule has 0 aliphatic rings. The summed E-state index contributed by atoms with van der Waals surface area (Å²) in [5, 5.41) is 3.81. The maximum atomic E-state index is 12.6. The van der Waals surface area contributed by atoms with Gasteiger partial charge in [-0.3, -0.25) is 0 Å². The van der Waals surface area contributed by atoms with Crippen LogP contribution in [0.2, 0.25) is 0 Å². The van der Waals surface area contributed by atoms with Crippen LogP contribution < -0.4 is 0 Å². The SMILES string of the molecule is CC(C)c1ccn2ncc(C(F)F)c2n1. The molecule has 0 saturated heterocycles. The van der Waals surface area contributed by atoms with Crippen LogP contribution in [0.15, 0.2) is 18.5 Å². The average Bonchev–Trinajstić information content (AvgIpc) is 2.59. The molecule has 0 fully saturated rings. The van der Waals surface area contributed by atoms with Crippen molar-refractivity contribution in [3.63, 3.8) is 0 Å². The van der Waals surface area contributed by atoms with Crippen LogP contribution in [0.4, 0.5) is 8.78 Å². The summed E-state index contributed by atoms with van der Waals surface area (Å²) in [7, 11) is 0. The standard InChI is InChI=1S/C10H11F2N3/c1-6(2)8-3-4-15-10(14-8)7(5-13-15)9(11)12/h3-6,9H,1-2H3. The van der Waals surface area contributed by atoms with Crippen molar-refractivity contribution in [2.45, 2.75) is 26.2 Å². The number of nitrogens with zero attached hydrogens (tertiary/aromatic N) is 3. The first-order valence-electron chi connectivity index (χ1n) is 4.72. The van der Waals surface area contributed by atoms with Gasteiger partial charge in [-0.1, -0.05) is 13.8 Å². The number of halogens is 2. The molecule has 0 atom stereocenters. The van der Waals surface area contributed by atoms with Crippen molar-refractivity contribution in [2.24, 2.45) is 0 Å². The van der Waals surface area contributed by atoms with Crippen molar-refractivity contribution >= 4 is 5.65 Å². The molecule has 2 heterocycles. The Morgan fingerprint density at radius 3 is 2.67 bits per heavy atom. The van der Waals surface area contributed by atoms with E-state index >= 15 is 0 Å². The van der Waals surface area contributed by atoms with E-state index in [0.717, 1.165) is 11.9 Å². The van der Waals surface area contributed by atoms with Gasteiger partial charge in [0, 0.05) is 11.9 Å². The molecule has 15 heavy (non-hydrogen) atoms. The minimum Gasteiger partial charge on any atom is -0.233 e. The highest BCUT2D eigenvalue weighted by atomic mass is 19.3. The summed E-state index contributed by atoms with van der Waals surface area (Å²) in [6, 6.07) is 1.79. The first-order chi connectivity index (χ1) is 7.09. The van der Waals surface area contributed by atoms with Gasteiger partial charge in [-0.15, -0.1) is 0 Å². The van der Waals surface area contributed by atoms with Crippen LogP contribution in [0.25, 0.3) is 5.65 Å². The van der Waals surface area contributed by atoms with Crippen LogP contribution in [0.5, 0.6) is 0 Å². The van der Waals surface area contributed by atoms with Gasteiger partial charge in [0.05, 0.1) is 11.8 Å². The maximum absolute atomic E-state index is 12.6. The zero-order valence-electron chi connectivity index (χ0n) is 8.48. The molecule has 0 saturated carbocycles. The van der Waals surface area contributed by atoms with Gasteiger partial charge in [0.1, 0.15) is 0 Å². The second-order valence-electron chi connectivity index (χ2n) is 3.68. The van der Waals surface area contributed by atoms with E-state index in [9.17, 15) is 8.78 Å². The molecule has 80 valence electrons. The highest BCUT2D eigenvalue weighted by molar-refractivity contribution is 5.47. The molecule has 0 unspecified atom stereocenters. The molecule has 0 bridgehead atoms. The van der Waals surface area contributed by atoms with Crippen molar-refractivity contribution in [3.8, 4) is 0 Å². The van der Waals surface area contributed by atoms with Gasteiger partial charge >= 0.3 is 0 Å². The second kappa shape index (κ2) is 3.56. The van der Waals surface area contributed by atoms with Gasteiger partial charge in [0.2, 0.25) is 0 Å². The Kier molecular flexibility index (Phi) is 2.38. The Morgan fingerprint density at radius 1 is 1.33 bits per heavy atom. The van der Waals surface area contributed by atoms with Gasteiger partial charge in [0.25, 0.3) is 6.43 Å². The first kappa shape index (κ1) is 10.0. The fraction of sp³-hybridized carbons (Fsp3) is 0.400. The number of aromatic nitrogens is 3. The molecule has 0 spiro atoms. The fourth-order valence-electron chi connectivity index (χ4n) is 1.38. The first-order valence-corrected chi connectivity index (χ1v) is 4.72. The lowest BCUT2D eigenvalue weighted by atomic mass is 10.1. The predicted molar refractivity (Wildman–Crippen MR) is 52.0 cm³/mol. The lowest BCUT2D eigenvalue weighted by molar-refractivity contribution is 0.153. The minimum atomic E-state index is -2.53. The van der Waals surface area contributed by atoms with Crippen molar-refractivity contribution < 1.29 is 8.78 Å². The molecule has 0 N–H and O–H groups in total. The molecular weight excluding hydrogens is 200 g/mol. The van der Waals surface area contributed by atoms with Gasteiger partial charge in [-0.05, 0) is 12.0 Å². The summed E-state index contributed by atoms with van der Waals surface area (Å²) in [5.41, 5.74) is 0.929. The van der Waals surface area contributed by atoms with Crippen molar-refractivity contribution in [1.82, 2.24) is 14.6 Å². The number of hydrogen-bond donors (Lipinski definition) is 0. The maximum Gasteiger partial charge on any atom is 0.269 e. The van der Waals surface area contributed by atoms with Crippen LogP contribution in [0.3, 0.4) is 0 Å². The molecule has 2 aromatic rings. The summed E-state index contributed by atoms with van der Waals surface area (Å²) >= 11 is 0. The van der Waals surface area contributed by atoms with E-state index in [2.05, 4.69) is 10.1 Å². The number of hydrogen-bond acceptors (Lipinski definition) is 2. The summed E-state index contributed by atoms with van der Waals surface area (Å²) in [4.78, 5) is 4.18. The zero-order chi connectivity index (χ0) is 11.0. The highest BCUT2D eigenvalue weighted by Gasteiger charge is 2.15. The van der Waals surface area contributed by atoms with Gasteiger partial charge in [-0.25, -0.2) is 18.3 Å². The summed E-state index contributed by atoms with van der Waals surface area (Å²) in [6.45, 7) is 3.94. The molecule has 2 rings (SSSR count). The largest absolute Gasteiger partial charge is 0.269 e. The third kappa shape index (κ3) is 1.69. The molecule has 0 aliphatic carbocycles. The summed E-state index contributed by atoms with van der Waals surface area (Å²) in [5.74, 6) is 0.218. The van der Waals surface area contributed by atoms with Gasteiger partial charge in [0.15, 0.2) is 5.65 Å². The molecule has 0 aromatic carbocycles. The van der Waals surface area contributed by atoms with E-state index in [-0.39, 0.29) is 17.1 Å². The Balaban J connectivity index is 2.61. The van der Waals surface area contributed by atoms with E-state index in [0.29, 0.717) is 0 Å². The van der Waals surface area contributed by atoms with Gasteiger partial charge < -0.3 is 0 Å². The van der Waals surface area contributed by atoms with E-state index in [1.807, 2.05) is 13.8 Å². The molecule has 2 aromatic heterocycles. The third-order valence-electron chi connectivity index (χ3n) is 2.24. The molecule has 3 nitrogen and oxygen atoms in total. The molecule has 0 radical (unpaired) electrons. The molecular formula is C10H11F2N3. The van der Waals surface area contributed by atoms with Crippen LogP contribution in [-0.4, -0.2) is 14.6 Å². The van der Waals surface area contributed by atoms with E-state index in [1.165, 1.54) is 4.52 Å². The quantitative estimate of drug-likeness (QED) is 0.764. The fourth-order valence-corrected chi connectivity index (χ4v) is 1.38. The normalized spacial score (nSPS) is 11.9.